The van der Waals surface area contributed by atoms with Gasteiger partial charge in [0, 0.05) is 11.4 Å². The number of benzene rings is 1. The first-order valence-corrected chi connectivity index (χ1v) is 8.28. The van der Waals surface area contributed by atoms with Crippen molar-refractivity contribution in [1.82, 2.24) is 9.97 Å². The van der Waals surface area contributed by atoms with Crippen LogP contribution in [0.25, 0.3) is 10.9 Å². The second kappa shape index (κ2) is 6.15. The summed E-state index contributed by atoms with van der Waals surface area (Å²) in [6.07, 6.45) is 6.11. The summed E-state index contributed by atoms with van der Waals surface area (Å²) in [7, 11) is 0. The van der Waals surface area contributed by atoms with Crippen molar-refractivity contribution < 1.29 is 0 Å². The Morgan fingerprint density at radius 1 is 1.00 bits per heavy atom. The lowest BCUT2D eigenvalue weighted by atomic mass is 9.95. The van der Waals surface area contributed by atoms with Crippen LogP contribution in [0.3, 0.4) is 0 Å². The summed E-state index contributed by atoms with van der Waals surface area (Å²) < 4.78 is -1.62. The number of halogens is 3. The third-order valence-electron chi connectivity index (χ3n) is 3.80. The maximum absolute atomic E-state index is 5.95. The molecule has 0 amide bonds. The molecule has 2 aromatic rings. The molecule has 0 radical (unpaired) electrons. The molecule has 1 aliphatic rings. The molecule has 3 nitrogen and oxygen atoms in total. The van der Waals surface area contributed by atoms with Crippen molar-refractivity contribution in [2.24, 2.45) is 0 Å². The Balaban J connectivity index is 2.01. The molecule has 0 aliphatic heterocycles. The van der Waals surface area contributed by atoms with Gasteiger partial charge in [-0.3, -0.25) is 0 Å². The quantitative estimate of drug-likeness (QED) is 0.761. The van der Waals surface area contributed by atoms with Gasteiger partial charge in [0.25, 0.3) is 0 Å². The number of hydrogen-bond donors (Lipinski definition) is 1. The number of anilines is 1. The van der Waals surface area contributed by atoms with Crippen LogP contribution < -0.4 is 5.32 Å². The number of alkyl halides is 3. The fraction of sp³-hybridized carbons (Fsp3) is 0.467. The fourth-order valence-corrected chi connectivity index (χ4v) is 3.01. The maximum atomic E-state index is 5.95. The van der Waals surface area contributed by atoms with E-state index in [-0.39, 0.29) is 5.82 Å². The van der Waals surface area contributed by atoms with Gasteiger partial charge in [-0.15, -0.1) is 0 Å². The molecule has 0 atom stereocenters. The van der Waals surface area contributed by atoms with Crippen LogP contribution >= 0.6 is 34.8 Å². The summed E-state index contributed by atoms with van der Waals surface area (Å²) in [4.78, 5) is 8.80. The van der Waals surface area contributed by atoms with Crippen molar-refractivity contribution in [3.8, 4) is 0 Å². The molecule has 0 unspecified atom stereocenters. The summed E-state index contributed by atoms with van der Waals surface area (Å²) in [6, 6.07) is 8.21. The summed E-state index contributed by atoms with van der Waals surface area (Å²) in [6.45, 7) is 0. The molecular weight excluding hydrogens is 329 g/mol. The van der Waals surface area contributed by atoms with Gasteiger partial charge in [-0.05, 0) is 25.0 Å². The topological polar surface area (TPSA) is 37.8 Å². The molecule has 6 heteroatoms. The first kappa shape index (κ1) is 15.1. The highest BCUT2D eigenvalue weighted by molar-refractivity contribution is 6.66. The van der Waals surface area contributed by atoms with E-state index in [1.165, 1.54) is 19.3 Å². The Labute approximate surface area is 139 Å². The van der Waals surface area contributed by atoms with Gasteiger partial charge in [-0.2, -0.15) is 0 Å². The maximum Gasteiger partial charge on any atom is 0.250 e. The number of hydrogen-bond acceptors (Lipinski definition) is 3. The summed E-state index contributed by atoms with van der Waals surface area (Å²) in [5.41, 5.74) is 0.784. The Hall–Kier alpha value is -0.770. The van der Waals surface area contributed by atoms with Crippen molar-refractivity contribution >= 4 is 51.5 Å². The largest absolute Gasteiger partial charge is 0.367 e. The van der Waals surface area contributed by atoms with Crippen LogP contribution in [0.15, 0.2) is 24.3 Å². The molecule has 0 spiro atoms. The third kappa shape index (κ3) is 3.53. The van der Waals surface area contributed by atoms with E-state index in [1.54, 1.807) is 0 Å². The lowest BCUT2D eigenvalue weighted by Gasteiger charge is -2.24. The number of aromatic nitrogens is 2. The molecule has 1 saturated carbocycles. The number of rotatable bonds is 2. The zero-order valence-electron chi connectivity index (χ0n) is 11.5. The van der Waals surface area contributed by atoms with Gasteiger partial charge < -0.3 is 5.32 Å². The van der Waals surface area contributed by atoms with Gasteiger partial charge in [0.15, 0.2) is 5.82 Å². The van der Waals surface area contributed by atoms with E-state index in [1.807, 2.05) is 24.3 Å². The first-order chi connectivity index (χ1) is 10.0. The molecule has 1 N–H and O–H groups in total. The minimum absolute atomic E-state index is 0.213. The Bertz CT molecular complexity index is 634. The summed E-state index contributed by atoms with van der Waals surface area (Å²) in [5, 5.41) is 4.47. The Kier molecular flexibility index (Phi) is 4.43. The van der Waals surface area contributed by atoms with E-state index in [4.69, 9.17) is 34.8 Å². The fourth-order valence-electron chi connectivity index (χ4n) is 2.75. The van der Waals surface area contributed by atoms with Crippen LogP contribution in [-0.2, 0) is 3.79 Å². The lowest BCUT2D eigenvalue weighted by molar-refractivity contribution is 0.462. The van der Waals surface area contributed by atoms with Gasteiger partial charge in [0.05, 0.1) is 5.52 Å². The number of nitrogens with zero attached hydrogens (tertiary/aromatic N) is 2. The van der Waals surface area contributed by atoms with Crippen LogP contribution in [0.1, 0.15) is 37.9 Å². The predicted octanol–water partition coefficient (Wildman–Crippen LogP) is 5.20. The number of nitrogens with one attached hydrogen (secondary N) is 1. The highest BCUT2D eigenvalue weighted by atomic mass is 35.6. The first-order valence-electron chi connectivity index (χ1n) is 7.14. The SMILES string of the molecule is ClC(Cl)(Cl)c1nc(NC2CCCCC2)c2ccccc2n1. The molecule has 0 saturated heterocycles. The normalized spacial score (nSPS) is 17.1. The van der Waals surface area contributed by atoms with E-state index in [2.05, 4.69) is 15.3 Å². The smallest absolute Gasteiger partial charge is 0.250 e. The average Bonchev–Trinajstić information content (AvgIpc) is 2.47. The van der Waals surface area contributed by atoms with Gasteiger partial charge in [-0.25, -0.2) is 9.97 Å². The summed E-state index contributed by atoms with van der Waals surface area (Å²) in [5.74, 6) is 0.971. The molecule has 112 valence electrons. The van der Waals surface area contributed by atoms with E-state index in [0.29, 0.717) is 6.04 Å². The highest BCUT2D eigenvalue weighted by Crippen LogP contribution is 2.38. The van der Waals surface area contributed by atoms with Crippen LogP contribution in [-0.4, -0.2) is 16.0 Å². The number of para-hydroxylation sites is 1. The van der Waals surface area contributed by atoms with Crippen LogP contribution in [0.5, 0.6) is 0 Å². The van der Waals surface area contributed by atoms with Gasteiger partial charge in [-0.1, -0.05) is 66.2 Å². The third-order valence-corrected chi connectivity index (χ3v) is 4.31. The molecular formula is C15H16Cl3N3. The highest BCUT2D eigenvalue weighted by Gasteiger charge is 2.28. The van der Waals surface area contributed by atoms with Crippen molar-refractivity contribution in [2.75, 3.05) is 5.32 Å². The Morgan fingerprint density at radius 2 is 1.71 bits per heavy atom. The van der Waals surface area contributed by atoms with Crippen LogP contribution in [0.4, 0.5) is 5.82 Å². The average molecular weight is 345 g/mol. The summed E-state index contributed by atoms with van der Waals surface area (Å²) >= 11 is 17.9. The molecule has 1 aromatic carbocycles. The van der Waals surface area contributed by atoms with Crippen LogP contribution in [0.2, 0.25) is 0 Å². The van der Waals surface area contributed by atoms with E-state index in [0.717, 1.165) is 29.6 Å². The van der Waals surface area contributed by atoms with Gasteiger partial charge in [0.2, 0.25) is 3.79 Å². The van der Waals surface area contributed by atoms with Gasteiger partial charge >= 0.3 is 0 Å². The Morgan fingerprint density at radius 3 is 2.43 bits per heavy atom. The molecule has 0 bridgehead atoms. The minimum Gasteiger partial charge on any atom is -0.367 e. The van der Waals surface area contributed by atoms with E-state index >= 15 is 0 Å². The molecule has 1 fully saturated rings. The monoisotopic (exact) mass is 343 g/mol. The number of fused-ring (bicyclic) bond motifs is 1. The van der Waals surface area contributed by atoms with E-state index < -0.39 is 3.79 Å². The van der Waals surface area contributed by atoms with Crippen molar-refractivity contribution in [3.05, 3.63) is 30.1 Å². The van der Waals surface area contributed by atoms with Crippen molar-refractivity contribution in [2.45, 2.75) is 41.9 Å². The van der Waals surface area contributed by atoms with Crippen molar-refractivity contribution in [1.29, 1.82) is 0 Å². The van der Waals surface area contributed by atoms with Crippen molar-refractivity contribution in [3.63, 3.8) is 0 Å². The van der Waals surface area contributed by atoms with E-state index in [9.17, 15) is 0 Å². The molecule has 21 heavy (non-hydrogen) atoms. The second-order valence-electron chi connectivity index (χ2n) is 5.39. The van der Waals surface area contributed by atoms with Crippen LogP contribution in [0, 0.1) is 0 Å². The minimum atomic E-state index is -1.62. The standard InChI is InChI=1S/C15H16Cl3N3/c16-15(17,18)14-20-12-9-5-4-8-11(12)13(21-14)19-10-6-2-1-3-7-10/h4-5,8-10H,1-3,6-7H2,(H,19,20,21). The molecule has 1 heterocycles. The predicted molar refractivity (Wildman–Crippen MR) is 89.3 cm³/mol. The zero-order valence-corrected chi connectivity index (χ0v) is 13.7. The molecule has 1 aromatic heterocycles. The molecule has 3 rings (SSSR count). The lowest BCUT2D eigenvalue weighted by Crippen LogP contribution is -2.24. The molecule has 1 aliphatic carbocycles. The zero-order chi connectivity index (χ0) is 14.9. The van der Waals surface area contributed by atoms with Gasteiger partial charge in [0.1, 0.15) is 5.82 Å². The second-order valence-corrected chi connectivity index (χ2v) is 7.67.